The molecule has 148 heavy (non-hydrogen) atoms. The van der Waals surface area contributed by atoms with Crippen molar-refractivity contribution in [3.8, 4) is 102 Å². The molecule has 0 bridgehead atoms. The van der Waals surface area contributed by atoms with Gasteiger partial charge in [-0.2, -0.15) is 0 Å². The Bertz CT molecular complexity index is 10500. The van der Waals surface area contributed by atoms with Crippen molar-refractivity contribution in [2.24, 2.45) is 0 Å². The lowest BCUT2D eigenvalue weighted by Gasteiger charge is -2.16. The molecule has 0 radical (unpaired) electrons. The van der Waals surface area contributed by atoms with Crippen molar-refractivity contribution in [1.29, 1.82) is 0 Å². The van der Waals surface area contributed by atoms with Crippen LogP contribution < -0.4 is 0 Å². The largest absolute Gasteiger partial charge is 0.309 e. The Hall–Kier alpha value is -19.9. The van der Waals surface area contributed by atoms with Crippen LogP contribution in [0.3, 0.4) is 0 Å². The summed E-state index contributed by atoms with van der Waals surface area (Å²) in [5, 5.41) is 24.7. The predicted octanol–water partition coefficient (Wildman–Crippen LogP) is 36.4. The molecule has 0 aliphatic heterocycles. The summed E-state index contributed by atoms with van der Waals surface area (Å²) in [7, 11) is 0. The van der Waals surface area contributed by atoms with Crippen LogP contribution in [0.5, 0.6) is 0 Å². The van der Waals surface area contributed by atoms with Crippen LogP contribution in [-0.2, 0) is 0 Å². The predicted molar refractivity (Wildman–Crippen MR) is 621 cm³/mol. The number of fused-ring (bicyclic) bond motifs is 25. The number of hydrogen-bond donors (Lipinski definition) is 0. The number of pyridine rings is 3. The lowest BCUT2D eigenvalue weighted by molar-refractivity contribution is 1.16. The molecule has 690 valence electrons. The van der Waals surface area contributed by atoms with Crippen molar-refractivity contribution in [2.75, 3.05) is 0 Å². The molecule has 31 aromatic rings. The lowest BCUT2D eigenvalue weighted by Crippen LogP contribution is -1.99. The Kier molecular flexibility index (Phi) is 20.1. The molecule has 0 amide bonds. The highest BCUT2D eigenvalue weighted by molar-refractivity contribution is 6.30. The highest BCUT2D eigenvalue weighted by Gasteiger charge is 2.29. The number of benzene rings is 22. The van der Waals surface area contributed by atoms with Crippen LogP contribution >= 0.6 is 0 Å². The summed E-state index contributed by atoms with van der Waals surface area (Å²) >= 11 is 0. The summed E-state index contributed by atoms with van der Waals surface area (Å²) in [6.07, 6.45) is 0. The maximum atomic E-state index is 5.24. The van der Waals surface area contributed by atoms with Gasteiger partial charge in [-0.25, -0.2) is 15.0 Å². The smallest absolute Gasteiger partial charge is 0.0730 e. The monoisotopic (exact) mass is 1880 g/mol. The topological polar surface area (TPSA) is 68.2 Å². The van der Waals surface area contributed by atoms with E-state index in [2.05, 4.69) is 567 Å². The fourth-order valence-corrected chi connectivity index (χ4v) is 23.6. The van der Waals surface area contributed by atoms with Crippen LogP contribution in [0.2, 0.25) is 0 Å². The summed E-state index contributed by atoms with van der Waals surface area (Å²) in [5.41, 5.74) is 33.3. The van der Waals surface area contributed by atoms with E-state index in [4.69, 9.17) is 15.0 Å². The van der Waals surface area contributed by atoms with Crippen molar-refractivity contribution in [3.05, 3.63) is 540 Å². The molecule has 0 saturated heterocycles. The van der Waals surface area contributed by atoms with Crippen molar-refractivity contribution < 1.29 is 0 Å². The Morgan fingerprint density at radius 1 is 0.128 bits per heavy atom. The maximum Gasteiger partial charge on any atom is 0.0730 e. The zero-order valence-corrected chi connectivity index (χ0v) is 80.4. The highest BCUT2D eigenvalue weighted by atomic mass is 15.1. The van der Waals surface area contributed by atoms with Gasteiger partial charge in [0.2, 0.25) is 0 Å². The van der Waals surface area contributed by atoms with Gasteiger partial charge in [0.25, 0.3) is 0 Å². The first-order valence-corrected chi connectivity index (χ1v) is 50.6. The average Bonchev–Trinajstić information content (AvgIpc) is 1.59. The number of rotatable bonds is 12. The minimum Gasteiger partial charge on any atom is -0.309 e. The highest BCUT2D eigenvalue weighted by Crippen LogP contribution is 2.50. The van der Waals surface area contributed by atoms with Crippen LogP contribution in [0.25, 0.3) is 276 Å². The fraction of sp³-hybridized carbons (Fsp3) is 0. The maximum absolute atomic E-state index is 5.24. The van der Waals surface area contributed by atoms with Crippen molar-refractivity contribution in [1.82, 2.24) is 42.4 Å². The normalized spacial score (nSPS) is 11.8. The number of nitrogens with zero attached hydrogens (tertiary/aromatic N) is 9. The molecule has 0 aliphatic carbocycles. The Morgan fingerprint density at radius 3 is 0.703 bits per heavy atom. The van der Waals surface area contributed by atoms with Gasteiger partial charge in [0.05, 0.1) is 134 Å². The van der Waals surface area contributed by atoms with Crippen molar-refractivity contribution in [2.45, 2.75) is 0 Å². The standard InChI is InChI=1S/C49H31N3.2C45H29N3/c1-3-15-32(16-4-1)42-30-36(31-43(50-42)33-17-5-2-6-18-33)51-44-25-13-11-23-39(44)40-27-28-46-47(49(40)51)41-24-12-14-26-45(41)52(46)48-37-21-9-7-19-34(37)29-35-20-8-10-22-38(35)48;1-3-15-31(16-4-1)38-28-33(29-39(46-38)32-17-5-2-6-18-32)47-42-24-12-10-22-37(42)44-43(47)27-26-36-35-21-9-11-23-41(35)48(45(36)44)40-25-13-19-30-14-7-8-20-34(30)40;1-3-15-31(16-4-1)38-28-33(29-39(46-38)32-17-5-2-6-18-32)47-41-23-11-9-21-35(41)36-26-27-43-44(45(36)47)37-22-10-12-24-42(37)48(43)40-25-13-19-30-14-7-8-20-34(30)40/h1-31H;2*1-29H. The number of aromatic nitrogens is 9. The van der Waals surface area contributed by atoms with Gasteiger partial charge in [-0.05, 0) is 131 Å². The summed E-state index contributed by atoms with van der Waals surface area (Å²) in [6, 6.07) is 194. The van der Waals surface area contributed by atoms with E-state index in [1.165, 1.54) is 185 Å². The minimum absolute atomic E-state index is 0.944. The fourth-order valence-electron chi connectivity index (χ4n) is 23.6. The van der Waals surface area contributed by atoms with Gasteiger partial charge >= 0.3 is 0 Å². The second kappa shape index (κ2) is 35.1. The summed E-state index contributed by atoms with van der Waals surface area (Å²) in [6.45, 7) is 0. The Balaban J connectivity index is 0.000000105. The molecule has 0 saturated carbocycles. The van der Waals surface area contributed by atoms with Crippen molar-refractivity contribution in [3.63, 3.8) is 0 Å². The molecule has 9 nitrogen and oxygen atoms in total. The zero-order chi connectivity index (χ0) is 97.4. The molecule has 22 aromatic carbocycles. The lowest BCUT2D eigenvalue weighted by atomic mass is 10.0. The number of para-hydroxylation sites is 6. The average molecular weight is 1890 g/mol. The SMILES string of the molecule is c1ccc(-c2cc(-n3c4ccccc4c4c3ccc3c5ccccc5n(-c5cccc6ccccc56)c34)cc(-c3ccccc3)n2)cc1.c1ccc(-c2cc(-n3c4ccccc4c4ccc5c(c6ccccc6n5-c5c6ccccc6cc6ccccc56)c43)cc(-c3ccccc3)n2)cc1.c1ccc(-c2cc(-n3c4ccccc4c4ccc5c(c6ccccc6n5-c5cccc6ccccc56)c43)cc(-c3ccccc3)n2)cc1. The number of hydrogen-bond acceptors (Lipinski definition) is 3. The molecule has 0 fully saturated rings. The molecule has 31 rings (SSSR count). The first-order chi connectivity index (χ1) is 73.5. The van der Waals surface area contributed by atoms with Crippen LogP contribution in [0.1, 0.15) is 0 Å². The van der Waals surface area contributed by atoms with Gasteiger partial charge in [-0.15, -0.1) is 0 Å². The second-order valence-corrected chi connectivity index (χ2v) is 38.3. The van der Waals surface area contributed by atoms with Crippen LogP contribution in [-0.4, -0.2) is 42.4 Å². The van der Waals surface area contributed by atoms with E-state index in [1.807, 2.05) is 0 Å². The van der Waals surface area contributed by atoms with E-state index in [9.17, 15) is 0 Å². The molecule has 0 spiro atoms. The first kappa shape index (κ1) is 85.0. The van der Waals surface area contributed by atoms with Gasteiger partial charge in [0.1, 0.15) is 0 Å². The van der Waals surface area contributed by atoms with Crippen molar-refractivity contribution >= 4 is 174 Å². The van der Waals surface area contributed by atoms with E-state index in [1.54, 1.807) is 0 Å². The van der Waals surface area contributed by atoms with Gasteiger partial charge in [0.15, 0.2) is 0 Å². The van der Waals surface area contributed by atoms with E-state index in [0.717, 1.165) is 90.1 Å². The summed E-state index contributed by atoms with van der Waals surface area (Å²) in [4.78, 5) is 15.6. The minimum atomic E-state index is 0.944. The molecule has 0 aliphatic rings. The molecule has 0 N–H and O–H groups in total. The first-order valence-electron chi connectivity index (χ1n) is 50.6. The third kappa shape index (κ3) is 13.9. The summed E-state index contributed by atoms with van der Waals surface area (Å²) < 4.78 is 14.8. The van der Waals surface area contributed by atoms with Gasteiger partial charge < -0.3 is 27.4 Å². The zero-order valence-electron chi connectivity index (χ0n) is 80.4. The third-order valence-electron chi connectivity index (χ3n) is 30.0. The molecular formula is C139H89N9. The molecular weight excluding hydrogens is 1800 g/mol. The van der Waals surface area contributed by atoms with Gasteiger partial charge in [0, 0.05) is 120 Å². The van der Waals surface area contributed by atoms with E-state index >= 15 is 0 Å². The molecule has 0 atom stereocenters. The quantitative estimate of drug-likeness (QED) is 0.114. The van der Waals surface area contributed by atoms with Crippen LogP contribution in [0.15, 0.2) is 540 Å². The van der Waals surface area contributed by atoms with E-state index < -0.39 is 0 Å². The van der Waals surface area contributed by atoms with E-state index in [0.29, 0.717) is 0 Å². The second-order valence-electron chi connectivity index (χ2n) is 38.3. The molecule has 0 unspecified atom stereocenters. The van der Waals surface area contributed by atoms with Crippen LogP contribution in [0, 0.1) is 0 Å². The Morgan fingerprint density at radius 2 is 0.358 bits per heavy atom. The van der Waals surface area contributed by atoms with Gasteiger partial charge in [-0.1, -0.05) is 431 Å². The third-order valence-corrected chi connectivity index (χ3v) is 30.0. The van der Waals surface area contributed by atoms with E-state index in [-0.39, 0.29) is 0 Å². The van der Waals surface area contributed by atoms with Crippen LogP contribution in [0.4, 0.5) is 0 Å². The molecule has 9 aromatic heterocycles. The molecule has 9 heterocycles. The van der Waals surface area contributed by atoms with Gasteiger partial charge in [-0.3, -0.25) is 0 Å². The molecule has 9 heteroatoms. The Labute approximate surface area is 851 Å². The summed E-state index contributed by atoms with van der Waals surface area (Å²) in [5.74, 6) is 0.